The number of thioether (sulfide) groups is 1. The first-order chi connectivity index (χ1) is 18.7. The lowest BCUT2D eigenvalue weighted by Gasteiger charge is -2.13. The molecule has 0 radical (unpaired) electrons. The summed E-state index contributed by atoms with van der Waals surface area (Å²) in [6.07, 6.45) is 3.08. The lowest BCUT2D eigenvalue weighted by Crippen LogP contribution is -2.36. The van der Waals surface area contributed by atoms with E-state index in [0.29, 0.717) is 10.9 Å². The number of anilines is 1. The van der Waals surface area contributed by atoms with Crippen molar-refractivity contribution in [1.29, 1.82) is 0 Å². The molecule has 3 amide bonds. The van der Waals surface area contributed by atoms with E-state index in [9.17, 15) is 19.2 Å². The number of furan rings is 1. The number of hydrogen-bond acceptors (Lipinski definition) is 8. The molecule has 1 aliphatic heterocycles. The first-order valence-corrected chi connectivity index (χ1v) is 14.1. The maximum Gasteiger partial charge on any atom is 0.339 e. The summed E-state index contributed by atoms with van der Waals surface area (Å²) in [6.45, 7) is 3.76. The molecular weight excluding hydrogens is 560 g/mol. The average molecular weight is 585 g/mol. The molecule has 39 heavy (non-hydrogen) atoms. The highest BCUT2D eigenvalue weighted by molar-refractivity contribution is 8.18. The summed E-state index contributed by atoms with van der Waals surface area (Å²) in [4.78, 5) is 52.3. The van der Waals surface area contributed by atoms with Gasteiger partial charge in [-0.2, -0.15) is 0 Å². The predicted octanol–water partition coefficient (Wildman–Crippen LogP) is 7.02. The van der Waals surface area contributed by atoms with E-state index < -0.39 is 29.6 Å². The van der Waals surface area contributed by atoms with Crippen LogP contribution in [0.5, 0.6) is 0 Å². The fourth-order valence-electron chi connectivity index (χ4n) is 3.45. The number of benzene rings is 2. The Bertz CT molecular complexity index is 1430. The van der Waals surface area contributed by atoms with Gasteiger partial charge in [-0.3, -0.25) is 19.3 Å². The van der Waals surface area contributed by atoms with Gasteiger partial charge in [0.05, 0.1) is 22.1 Å². The van der Waals surface area contributed by atoms with Gasteiger partial charge in [0.25, 0.3) is 11.1 Å². The second-order valence-corrected chi connectivity index (χ2v) is 11.1. The quantitative estimate of drug-likeness (QED) is 0.154. The number of halogens is 1. The standard InChI is InChI=1S/C28H25ClN2O6S2/c1-3-4-13-36-27(34)21-14-18(7-11-22(21)29)30-24(32)16-31-26(33)23(39-28(31)35)15-19-8-12-25(37-19)38-20-9-5-17(2)6-10-20/h5-12,14-15H,3-4,13,16H2,1-2H3,(H,30,32)/b23-15-. The van der Waals surface area contributed by atoms with Crippen molar-refractivity contribution in [2.75, 3.05) is 18.5 Å². The van der Waals surface area contributed by atoms with Crippen molar-refractivity contribution in [1.82, 2.24) is 4.90 Å². The Morgan fingerprint density at radius 3 is 2.64 bits per heavy atom. The Hall–Kier alpha value is -3.47. The summed E-state index contributed by atoms with van der Waals surface area (Å²) in [5, 5.41) is 2.85. The number of nitrogens with one attached hydrogen (secondary N) is 1. The number of amides is 3. The Morgan fingerprint density at radius 1 is 1.13 bits per heavy atom. The topological polar surface area (TPSA) is 106 Å². The number of aryl methyl sites for hydroxylation is 1. The summed E-state index contributed by atoms with van der Waals surface area (Å²) in [5.74, 6) is -1.39. The van der Waals surface area contributed by atoms with Crippen LogP contribution in [0.4, 0.5) is 10.5 Å². The molecule has 2 aromatic carbocycles. The molecule has 0 spiro atoms. The Labute approximate surface area is 239 Å². The molecule has 202 valence electrons. The lowest BCUT2D eigenvalue weighted by molar-refractivity contribution is -0.127. The van der Waals surface area contributed by atoms with Crippen molar-refractivity contribution in [3.8, 4) is 0 Å². The number of ether oxygens (including phenoxy) is 1. The van der Waals surface area contributed by atoms with Crippen LogP contribution in [0.3, 0.4) is 0 Å². The van der Waals surface area contributed by atoms with Crippen molar-refractivity contribution in [2.24, 2.45) is 0 Å². The van der Waals surface area contributed by atoms with Crippen LogP contribution in [0.1, 0.15) is 41.4 Å². The van der Waals surface area contributed by atoms with Crippen molar-refractivity contribution >= 4 is 69.9 Å². The van der Waals surface area contributed by atoms with E-state index in [-0.39, 0.29) is 27.8 Å². The average Bonchev–Trinajstić information content (AvgIpc) is 3.45. The van der Waals surface area contributed by atoms with Crippen LogP contribution in [0.2, 0.25) is 5.02 Å². The van der Waals surface area contributed by atoms with Gasteiger partial charge in [-0.05, 0) is 67.6 Å². The van der Waals surface area contributed by atoms with E-state index >= 15 is 0 Å². The highest BCUT2D eigenvalue weighted by Gasteiger charge is 2.36. The summed E-state index contributed by atoms with van der Waals surface area (Å²) in [5.41, 5.74) is 1.55. The van der Waals surface area contributed by atoms with Crippen LogP contribution < -0.4 is 5.32 Å². The van der Waals surface area contributed by atoms with E-state index in [0.717, 1.165) is 40.0 Å². The van der Waals surface area contributed by atoms with Gasteiger partial charge in [-0.1, -0.05) is 54.4 Å². The van der Waals surface area contributed by atoms with Gasteiger partial charge in [-0.15, -0.1) is 0 Å². The molecular formula is C28H25ClN2O6S2. The Morgan fingerprint density at radius 2 is 1.90 bits per heavy atom. The normalized spacial score (nSPS) is 14.2. The molecule has 0 aliphatic carbocycles. The van der Waals surface area contributed by atoms with Crippen molar-refractivity contribution < 1.29 is 28.3 Å². The van der Waals surface area contributed by atoms with E-state index in [4.69, 9.17) is 20.8 Å². The van der Waals surface area contributed by atoms with Crippen LogP contribution in [-0.4, -0.2) is 41.1 Å². The Balaban J connectivity index is 1.37. The SMILES string of the molecule is CCCCOC(=O)c1cc(NC(=O)CN2C(=O)S/C(=C\c3ccc(Sc4ccc(C)cc4)o3)C2=O)ccc1Cl. The van der Waals surface area contributed by atoms with E-state index in [2.05, 4.69) is 5.32 Å². The summed E-state index contributed by atoms with van der Waals surface area (Å²) >= 11 is 8.29. The second-order valence-electron chi connectivity index (χ2n) is 8.57. The van der Waals surface area contributed by atoms with Crippen molar-refractivity contribution in [3.05, 3.63) is 81.4 Å². The maximum atomic E-state index is 12.9. The zero-order valence-electron chi connectivity index (χ0n) is 21.2. The number of esters is 1. The highest BCUT2D eigenvalue weighted by atomic mass is 35.5. The van der Waals surface area contributed by atoms with Crippen molar-refractivity contribution in [3.63, 3.8) is 0 Å². The Kier molecular flexibility index (Phi) is 9.55. The van der Waals surface area contributed by atoms with Gasteiger partial charge < -0.3 is 14.5 Å². The molecule has 1 aromatic heterocycles. The third kappa shape index (κ3) is 7.56. The molecule has 0 unspecified atom stereocenters. The van der Waals surface area contributed by atoms with Crippen LogP contribution in [0.15, 0.2) is 73.9 Å². The van der Waals surface area contributed by atoms with E-state index in [1.165, 1.54) is 36.0 Å². The van der Waals surface area contributed by atoms with Gasteiger partial charge in [0.2, 0.25) is 5.91 Å². The molecule has 11 heteroatoms. The molecule has 1 saturated heterocycles. The number of nitrogens with zero attached hydrogens (tertiary/aromatic N) is 1. The lowest BCUT2D eigenvalue weighted by atomic mass is 10.2. The molecule has 8 nitrogen and oxygen atoms in total. The number of unbranched alkanes of at least 4 members (excludes halogenated alkanes) is 1. The monoisotopic (exact) mass is 584 g/mol. The fraction of sp³-hybridized carbons (Fsp3) is 0.214. The minimum Gasteiger partial charge on any atom is -0.462 e. The fourth-order valence-corrected chi connectivity index (χ4v) is 5.24. The molecule has 0 saturated carbocycles. The second kappa shape index (κ2) is 13.1. The van der Waals surface area contributed by atoms with Crippen LogP contribution >= 0.6 is 35.1 Å². The first-order valence-electron chi connectivity index (χ1n) is 12.1. The molecule has 1 aliphatic rings. The van der Waals surface area contributed by atoms with Crippen LogP contribution in [-0.2, 0) is 14.3 Å². The maximum absolute atomic E-state index is 12.9. The number of carbonyl (C=O) groups excluding carboxylic acids is 4. The van der Waals surface area contributed by atoms with Gasteiger partial charge in [0, 0.05) is 16.7 Å². The summed E-state index contributed by atoms with van der Waals surface area (Å²) < 4.78 is 11.0. The largest absolute Gasteiger partial charge is 0.462 e. The van der Waals surface area contributed by atoms with Crippen LogP contribution in [0.25, 0.3) is 6.08 Å². The highest BCUT2D eigenvalue weighted by Crippen LogP contribution is 2.34. The minimum absolute atomic E-state index is 0.109. The molecule has 1 fully saturated rings. The molecule has 0 bridgehead atoms. The molecule has 4 rings (SSSR count). The summed E-state index contributed by atoms with van der Waals surface area (Å²) in [6, 6.07) is 15.9. The first kappa shape index (κ1) is 28.5. The van der Waals surface area contributed by atoms with E-state index in [1.54, 1.807) is 12.1 Å². The van der Waals surface area contributed by atoms with Gasteiger partial charge in [0.1, 0.15) is 12.3 Å². The molecule has 0 atom stereocenters. The number of carbonyl (C=O) groups is 4. The third-order valence-electron chi connectivity index (χ3n) is 5.49. The van der Waals surface area contributed by atoms with Gasteiger partial charge in [0.15, 0.2) is 5.09 Å². The zero-order chi connectivity index (χ0) is 27.9. The number of rotatable bonds is 10. The molecule has 1 N–H and O–H groups in total. The molecule has 3 aromatic rings. The molecule has 2 heterocycles. The number of imide groups is 1. The van der Waals surface area contributed by atoms with Crippen molar-refractivity contribution in [2.45, 2.75) is 36.7 Å². The predicted molar refractivity (Wildman–Crippen MR) is 152 cm³/mol. The minimum atomic E-state index is -0.610. The van der Waals surface area contributed by atoms with Gasteiger partial charge >= 0.3 is 5.97 Å². The van der Waals surface area contributed by atoms with Crippen LogP contribution in [0, 0.1) is 6.92 Å². The third-order valence-corrected chi connectivity index (χ3v) is 7.66. The smallest absolute Gasteiger partial charge is 0.339 e. The number of hydrogen-bond donors (Lipinski definition) is 1. The van der Waals surface area contributed by atoms with Gasteiger partial charge in [-0.25, -0.2) is 4.79 Å². The van der Waals surface area contributed by atoms with E-state index in [1.807, 2.05) is 38.1 Å². The summed E-state index contributed by atoms with van der Waals surface area (Å²) in [7, 11) is 0. The zero-order valence-corrected chi connectivity index (χ0v) is 23.6.